The molecule has 0 radical (unpaired) electrons. The molecule has 0 aliphatic carbocycles. The first-order valence-corrected chi connectivity index (χ1v) is 5.22. The summed E-state index contributed by atoms with van der Waals surface area (Å²) in [6.45, 7) is 3.04. The fourth-order valence-corrected chi connectivity index (χ4v) is 1.69. The summed E-state index contributed by atoms with van der Waals surface area (Å²) >= 11 is 4.97. The minimum absolute atomic E-state index is 0.0773. The van der Waals surface area contributed by atoms with Gasteiger partial charge in [-0.2, -0.15) is 0 Å². The summed E-state index contributed by atoms with van der Waals surface area (Å²) < 4.78 is 5.22. The summed E-state index contributed by atoms with van der Waals surface area (Å²) in [5.74, 6) is -0.0773. The minimum Gasteiger partial charge on any atom is -0.378 e. The molecule has 0 unspecified atom stereocenters. The van der Waals surface area contributed by atoms with Crippen molar-refractivity contribution in [3.05, 3.63) is 11.9 Å². The molecular formula is C9H13N3O2S. The molecule has 2 heterocycles. The summed E-state index contributed by atoms with van der Waals surface area (Å²) in [4.78, 5) is 15.1. The van der Waals surface area contributed by atoms with E-state index in [-0.39, 0.29) is 5.91 Å². The number of hydrogen-bond donors (Lipinski definition) is 1. The highest BCUT2D eigenvalue weighted by Crippen LogP contribution is 2.09. The normalized spacial score (nSPS) is 25.0. The van der Waals surface area contributed by atoms with Crippen LogP contribution in [0.2, 0.25) is 0 Å². The highest BCUT2D eigenvalue weighted by atomic mass is 32.1. The second kappa shape index (κ2) is 4.16. The maximum absolute atomic E-state index is 11.6. The van der Waals surface area contributed by atoms with Gasteiger partial charge in [-0.15, -0.1) is 0 Å². The Morgan fingerprint density at radius 1 is 1.47 bits per heavy atom. The largest absolute Gasteiger partial charge is 0.378 e. The van der Waals surface area contributed by atoms with Crippen molar-refractivity contribution in [2.24, 2.45) is 0 Å². The Morgan fingerprint density at radius 2 is 2.13 bits per heavy atom. The lowest BCUT2D eigenvalue weighted by Gasteiger charge is -2.25. The summed E-state index contributed by atoms with van der Waals surface area (Å²) in [5, 5.41) is 3.35. The molecule has 0 saturated carbocycles. The fraction of sp³-hybridized carbons (Fsp3) is 0.556. The van der Waals surface area contributed by atoms with Crippen LogP contribution in [0.4, 0.5) is 0 Å². The molecule has 5 nitrogen and oxygen atoms in total. The molecule has 2 aliphatic heterocycles. The van der Waals surface area contributed by atoms with E-state index in [1.165, 1.54) is 4.90 Å². The van der Waals surface area contributed by atoms with Gasteiger partial charge >= 0.3 is 0 Å². The maximum Gasteiger partial charge on any atom is 0.277 e. The molecular weight excluding hydrogens is 214 g/mol. The summed E-state index contributed by atoms with van der Waals surface area (Å²) in [7, 11) is 1.66. The van der Waals surface area contributed by atoms with Gasteiger partial charge in [-0.25, -0.2) is 0 Å². The number of morpholine rings is 1. The smallest absolute Gasteiger partial charge is 0.277 e. The van der Waals surface area contributed by atoms with Crippen LogP contribution in [-0.4, -0.2) is 54.2 Å². The summed E-state index contributed by atoms with van der Waals surface area (Å²) in [6, 6.07) is 0. The highest BCUT2D eigenvalue weighted by molar-refractivity contribution is 7.80. The van der Waals surface area contributed by atoms with E-state index in [9.17, 15) is 4.79 Å². The molecule has 0 spiro atoms. The predicted molar refractivity (Wildman–Crippen MR) is 59.0 cm³/mol. The van der Waals surface area contributed by atoms with Crippen molar-refractivity contribution < 1.29 is 9.53 Å². The molecule has 82 valence electrons. The maximum atomic E-state index is 11.6. The first-order chi connectivity index (χ1) is 7.18. The standard InChI is InChI=1S/C9H13N3O2S/c1-11-8(13)7(10-9(11)15)6-12-2-4-14-5-3-12/h6H,2-5H2,1H3,(H,10,15)/b7-6+. The van der Waals surface area contributed by atoms with Gasteiger partial charge in [-0.1, -0.05) is 0 Å². The van der Waals surface area contributed by atoms with E-state index in [1.54, 1.807) is 7.05 Å². The average molecular weight is 227 g/mol. The van der Waals surface area contributed by atoms with Gasteiger partial charge in [0.05, 0.1) is 13.2 Å². The monoisotopic (exact) mass is 227 g/mol. The van der Waals surface area contributed by atoms with Crippen LogP contribution in [0.25, 0.3) is 0 Å². The first kappa shape index (κ1) is 10.4. The number of nitrogens with zero attached hydrogens (tertiary/aromatic N) is 2. The van der Waals surface area contributed by atoms with Crippen molar-refractivity contribution in [1.82, 2.24) is 15.1 Å². The van der Waals surface area contributed by atoms with Gasteiger partial charge in [-0.05, 0) is 12.2 Å². The van der Waals surface area contributed by atoms with Gasteiger partial charge in [0.15, 0.2) is 5.11 Å². The number of nitrogens with one attached hydrogen (secondary N) is 1. The van der Waals surface area contributed by atoms with Crippen LogP contribution in [0.5, 0.6) is 0 Å². The van der Waals surface area contributed by atoms with Crippen LogP contribution in [0.1, 0.15) is 0 Å². The second-order valence-corrected chi connectivity index (χ2v) is 3.87. The van der Waals surface area contributed by atoms with E-state index in [1.807, 2.05) is 6.20 Å². The number of hydrogen-bond acceptors (Lipinski definition) is 4. The lowest BCUT2D eigenvalue weighted by atomic mass is 10.4. The van der Waals surface area contributed by atoms with Gasteiger partial charge in [0, 0.05) is 26.3 Å². The van der Waals surface area contributed by atoms with Crippen molar-refractivity contribution in [2.45, 2.75) is 0 Å². The zero-order valence-corrected chi connectivity index (χ0v) is 9.34. The van der Waals surface area contributed by atoms with Crippen LogP contribution < -0.4 is 5.32 Å². The fourth-order valence-electron chi connectivity index (χ4n) is 1.50. The Kier molecular flexibility index (Phi) is 2.88. The Bertz CT molecular complexity index is 323. The molecule has 0 aromatic carbocycles. The minimum atomic E-state index is -0.0773. The number of likely N-dealkylation sites (N-methyl/N-ethyl adjacent to an activating group) is 1. The van der Waals surface area contributed by atoms with E-state index in [0.29, 0.717) is 24.0 Å². The Balaban J connectivity index is 2.07. The number of carbonyl (C=O) groups is 1. The molecule has 0 aromatic rings. The van der Waals surface area contributed by atoms with E-state index < -0.39 is 0 Å². The quantitative estimate of drug-likeness (QED) is 0.483. The van der Waals surface area contributed by atoms with Gasteiger partial charge < -0.3 is 15.0 Å². The Morgan fingerprint density at radius 3 is 2.67 bits per heavy atom. The molecule has 2 fully saturated rings. The van der Waals surface area contributed by atoms with Crippen LogP contribution in [-0.2, 0) is 9.53 Å². The molecule has 15 heavy (non-hydrogen) atoms. The van der Waals surface area contributed by atoms with Crippen molar-refractivity contribution in [3.63, 3.8) is 0 Å². The third-order valence-corrected chi connectivity index (χ3v) is 2.81. The first-order valence-electron chi connectivity index (χ1n) is 4.81. The lowest BCUT2D eigenvalue weighted by molar-refractivity contribution is -0.121. The highest BCUT2D eigenvalue weighted by Gasteiger charge is 2.27. The topological polar surface area (TPSA) is 44.8 Å². The third kappa shape index (κ3) is 2.10. The Labute approximate surface area is 93.7 Å². The molecule has 0 aromatic heterocycles. The summed E-state index contributed by atoms with van der Waals surface area (Å²) in [6.07, 6.45) is 1.82. The number of ether oxygens (including phenoxy) is 1. The molecule has 1 N–H and O–H groups in total. The number of amides is 1. The Hall–Kier alpha value is -1.14. The molecule has 2 aliphatic rings. The number of rotatable bonds is 1. The van der Waals surface area contributed by atoms with Gasteiger partial charge in [0.2, 0.25) is 0 Å². The zero-order valence-electron chi connectivity index (χ0n) is 8.52. The van der Waals surface area contributed by atoms with Crippen molar-refractivity contribution in [2.75, 3.05) is 33.4 Å². The van der Waals surface area contributed by atoms with E-state index >= 15 is 0 Å². The lowest BCUT2D eigenvalue weighted by Crippen LogP contribution is -2.33. The average Bonchev–Trinajstić information content (AvgIpc) is 2.48. The zero-order chi connectivity index (χ0) is 10.8. The molecule has 2 saturated heterocycles. The van der Waals surface area contributed by atoms with Crippen LogP contribution in [0.15, 0.2) is 11.9 Å². The molecule has 0 atom stereocenters. The van der Waals surface area contributed by atoms with E-state index in [4.69, 9.17) is 17.0 Å². The third-order valence-electron chi connectivity index (χ3n) is 2.44. The number of thiocarbonyl (C=S) groups is 1. The van der Waals surface area contributed by atoms with Gasteiger partial charge in [0.25, 0.3) is 5.91 Å². The van der Waals surface area contributed by atoms with E-state index in [0.717, 1.165) is 13.1 Å². The second-order valence-electron chi connectivity index (χ2n) is 3.49. The summed E-state index contributed by atoms with van der Waals surface area (Å²) in [5.41, 5.74) is 0.546. The van der Waals surface area contributed by atoms with Crippen LogP contribution in [0, 0.1) is 0 Å². The predicted octanol–water partition coefficient (Wildman–Crippen LogP) is -0.493. The van der Waals surface area contributed by atoms with Crippen molar-refractivity contribution in [3.8, 4) is 0 Å². The van der Waals surface area contributed by atoms with Crippen LogP contribution >= 0.6 is 12.2 Å². The van der Waals surface area contributed by atoms with Crippen molar-refractivity contribution in [1.29, 1.82) is 0 Å². The molecule has 1 amide bonds. The molecule has 2 rings (SSSR count). The molecule has 6 heteroatoms. The SMILES string of the molecule is CN1C(=O)/C(=C\N2CCOCC2)NC1=S. The van der Waals surface area contributed by atoms with Gasteiger partial charge in [0.1, 0.15) is 5.70 Å². The number of carbonyl (C=O) groups excluding carboxylic acids is 1. The van der Waals surface area contributed by atoms with Crippen LogP contribution in [0.3, 0.4) is 0 Å². The molecule has 0 bridgehead atoms. The van der Waals surface area contributed by atoms with Crippen molar-refractivity contribution >= 4 is 23.2 Å². The van der Waals surface area contributed by atoms with Gasteiger partial charge in [-0.3, -0.25) is 9.69 Å². The van der Waals surface area contributed by atoms with E-state index in [2.05, 4.69) is 10.2 Å².